The average molecular weight is 439 g/mol. The van der Waals surface area contributed by atoms with E-state index in [4.69, 9.17) is 4.74 Å². The lowest BCUT2D eigenvalue weighted by molar-refractivity contribution is -0.369. The largest absolute Gasteiger partial charge is 0.449 e. The molecule has 2 aliphatic rings. The first-order chi connectivity index (χ1) is 10.9. The maximum absolute atomic E-state index is 13.4. The van der Waals surface area contributed by atoms with E-state index in [-0.39, 0.29) is 24.4 Å². The molecule has 1 N–H and O–H groups in total. The van der Waals surface area contributed by atoms with Crippen LogP contribution < -0.4 is 0 Å². The van der Waals surface area contributed by atoms with Crippen LogP contribution in [0.4, 0.5) is 13.2 Å². The van der Waals surface area contributed by atoms with Gasteiger partial charge in [0.1, 0.15) is 0 Å². The first kappa shape index (κ1) is 17.0. The normalized spacial score (nSPS) is 31.5. The Bertz CT molecular complexity index is 593. The van der Waals surface area contributed by atoms with Crippen molar-refractivity contribution < 1.29 is 23.0 Å². The molecular formula is C16H17F3INO2. The van der Waals surface area contributed by atoms with Crippen LogP contribution in [0.1, 0.15) is 24.4 Å². The monoisotopic (exact) mass is 439 g/mol. The van der Waals surface area contributed by atoms with E-state index >= 15 is 0 Å². The molecule has 1 saturated heterocycles. The number of halogens is 4. The molecule has 3 nitrogen and oxygen atoms in total. The Labute approximate surface area is 146 Å². The summed E-state index contributed by atoms with van der Waals surface area (Å²) < 4.78 is 45.9. The molecule has 0 spiro atoms. The Morgan fingerprint density at radius 2 is 2.00 bits per heavy atom. The molecule has 0 radical (unpaired) electrons. The predicted octanol–water partition coefficient (Wildman–Crippen LogP) is 3.79. The van der Waals surface area contributed by atoms with Crippen LogP contribution >= 0.6 is 22.6 Å². The molecule has 3 rings (SSSR count). The van der Waals surface area contributed by atoms with Crippen LogP contribution in [0.3, 0.4) is 0 Å². The summed E-state index contributed by atoms with van der Waals surface area (Å²) in [5, 5.41) is 10.2. The van der Waals surface area contributed by atoms with E-state index in [1.807, 2.05) is 30.3 Å². The van der Waals surface area contributed by atoms with E-state index in [2.05, 4.69) is 22.6 Å². The standard InChI is InChI=1S/C16H17F3INO2/c17-16(18,19)15(22)14-8-4-7-12(9-20)21(14)13(10-23-15)11-5-2-1-3-6-11/h1-3,5-6,8,12-13,22H,4,7,9-10H2/t12-,13-,15+/m0/s1. The minimum Gasteiger partial charge on any atom is -0.357 e. The number of allylic oxidation sites excluding steroid dienone is 1. The third-order valence-corrected chi connectivity index (χ3v) is 5.41. The van der Waals surface area contributed by atoms with E-state index < -0.39 is 12.0 Å². The van der Waals surface area contributed by atoms with Crippen LogP contribution in [0, 0.1) is 0 Å². The van der Waals surface area contributed by atoms with Gasteiger partial charge in [0.25, 0.3) is 0 Å². The van der Waals surface area contributed by atoms with E-state index in [9.17, 15) is 18.3 Å². The number of benzene rings is 1. The van der Waals surface area contributed by atoms with E-state index in [1.165, 1.54) is 6.08 Å². The molecule has 3 atom stereocenters. The molecule has 126 valence electrons. The summed E-state index contributed by atoms with van der Waals surface area (Å²) in [5.74, 6) is -3.22. The number of morpholine rings is 1. The zero-order valence-electron chi connectivity index (χ0n) is 12.3. The summed E-state index contributed by atoms with van der Waals surface area (Å²) in [6, 6.07) is 8.94. The van der Waals surface area contributed by atoms with Gasteiger partial charge in [-0.15, -0.1) is 0 Å². The number of fused-ring (bicyclic) bond motifs is 1. The Morgan fingerprint density at radius 1 is 1.30 bits per heavy atom. The number of nitrogens with zero attached hydrogens (tertiary/aromatic N) is 1. The number of alkyl halides is 4. The van der Waals surface area contributed by atoms with Gasteiger partial charge in [-0.1, -0.05) is 59.0 Å². The van der Waals surface area contributed by atoms with Gasteiger partial charge in [0, 0.05) is 10.5 Å². The van der Waals surface area contributed by atoms with Crippen molar-refractivity contribution in [2.24, 2.45) is 0 Å². The Hall–Kier alpha value is -0.800. The second-order valence-electron chi connectivity index (χ2n) is 5.76. The van der Waals surface area contributed by atoms with Gasteiger partial charge in [-0.2, -0.15) is 13.2 Å². The van der Waals surface area contributed by atoms with E-state index in [1.54, 1.807) is 4.90 Å². The summed E-state index contributed by atoms with van der Waals surface area (Å²) in [6.45, 7) is -0.204. The predicted molar refractivity (Wildman–Crippen MR) is 88.0 cm³/mol. The third kappa shape index (κ3) is 2.87. The highest BCUT2D eigenvalue weighted by atomic mass is 127. The first-order valence-corrected chi connectivity index (χ1v) is 8.94. The Balaban J connectivity index is 2.05. The molecule has 1 fully saturated rings. The van der Waals surface area contributed by atoms with Crippen LogP contribution in [-0.4, -0.2) is 39.0 Å². The molecule has 1 aromatic carbocycles. The topological polar surface area (TPSA) is 32.7 Å². The van der Waals surface area contributed by atoms with Crippen LogP contribution in [0.2, 0.25) is 0 Å². The maximum Gasteiger partial charge on any atom is 0.449 e. The highest BCUT2D eigenvalue weighted by Gasteiger charge is 2.63. The van der Waals surface area contributed by atoms with E-state index in [0.717, 1.165) is 12.0 Å². The fraction of sp³-hybridized carbons (Fsp3) is 0.500. The number of hydrogen-bond acceptors (Lipinski definition) is 3. The fourth-order valence-corrected chi connectivity index (χ4v) is 4.12. The lowest BCUT2D eigenvalue weighted by atomic mass is 9.92. The van der Waals surface area contributed by atoms with Crippen molar-refractivity contribution >= 4 is 22.6 Å². The lowest BCUT2D eigenvalue weighted by Crippen LogP contribution is -2.61. The van der Waals surface area contributed by atoms with Gasteiger partial charge in [0.15, 0.2) is 0 Å². The molecule has 0 unspecified atom stereocenters. The second-order valence-corrected chi connectivity index (χ2v) is 6.64. The van der Waals surface area contributed by atoms with Crippen LogP contribution in [-0.2, 0) is 4.74 Å². The molecular weight excluding hydrogens is 422 g/mol. The van der Waals surface area contributed by atoms with Crippen molar-refractivity contribution in [2.45, 2.75) is 36.9 Å². The van der Waals surface area contributed by atoms with Crippen LogP contribution in [0.25, 0.3) is 0 Å². The molecule has 7 heteroatoms. The SMILES string of the molecule is O[C@@]1(C(F)(F)F)OC[C@@H](c2ccccc2)N2C1=CCC[C@H]2CI. The van der Waals surface area contributed by atoms with Gasteiger partial charge in [0.05, 0.1) is 18.3 Å². The molecule has 1 aromatic rings. The van der Waals surface area contributed by atoms with Gasteiger partial charge < -0.3 is 14.7 Å². The molecule has 0 aliphatic carbocycles. The minimum atomic E-state index is -4.87. The second kappa shape index (κ2) is 6.25. The van der Waals surface area contributed by atoms with Crippen molar-refractivity contribution in [3.05, 3.63) is 47.7 Å². The molecule has 0 aromatic heterocycles. The van der Waals surface area contributed by atoms with Gasteiger partial charge >= 0.3 is 12.0 Å². The van der Waals surface area contributed by atoms with Gasteiger partial charge in [-0.3, -0.25) is 0 Å². The molecule has 0 bridgehead atoms. The summed E-state index contributed by atoms with van der Waals surface area (Å²) in [6.07, 6.45) is -2.14. The Kier molecular flexibility index (Phi) is 4.63. The van der Waals surface area contributed by atoms with Crippen molar-refractivity contribution in [1.29, 1.82) is 0 Å². The van der Waals surface area contributed by atoms with Gasteiger partial charge in [0.2, 0.25) is 0 Å². The highest BCUT2D eigenvalue weighted by Crippen LogP contribution is 2.48. The molecule has 23 heavy (non-hydrogen) atoms. The quantitative estimate of drug-likeness (QED) is 0.563. The van der Waals surface area contributed by atoms with Crippen molar-refractivity contribution in [3.63, 3.8) is 0 Å². The molecule has 2 heterocycles. The van der Waals surface area contributed by atoms with Gasteiger partial charge in [-0.25, -0.2) is 0 Å². The number of ether oxygens (including phenoxy) is 1. The van der Waals surface area contributed by atoms with Gasteiger partial charge in [-0.05, 0) is 18.4 Å². The maximum atomic E-state index is 13.4. The summed E-state index contributed by atoms with van der Waals surface area (Å²) in [7, 11) is 0. The summed E-state index contributed by atoms with van der Waals surface area (Å²) in [5.41, 5.74) is 0.720. The van der Waals surface area contributed by atoms with Crippen molar-refractivity contribution in [2.75, 3.05) is 11.0 Å². The lowest BCUT2D eigenvalue weighted by Gasteiger charge is -2.52. The number of aliphatic hydroxyl groups is 1. The van der Waals surface area contributed by atoms with Crippen molar-refractivity contribution in [3.8, 4) is 0 Å². The highest BCUT2D eigenvalue weighted by molar-refractivity contribution is 14.1. The number of hydrogen-bond donors (Lipinski definition) is 1. The zero-order valence-corrected chi connectivity index (χ0v) is 14.4. The third-order valence-electron chi connectivity index (χ3n) is 4.39. The zero-order chi connectivity index (χ0) is 16.7. The van der Waals surface area contributed by atoms with Crippen molar-refractivity contribution in [1.82, 2.24) is 4.90 Å². The summed E-state index contributed by atoms with van der Waals surface area (Å²) in [4.78, 5) is 1.71. The Morgan fingerprint density at radius 3 is 2.61 bits per heavy atom. The molecule has 0 saturated carbocycles. The molecule has 2 aliphatic heterocycles. The first-order valence-electron chi connectivity index (χ1n) is 7.41. The van der Waals surface area contributed by atoms with Crippen LogP contribution in [0.15, 0.2) is 42.1 Å². The number of rotatable bonds is 2. The summed E-state index contributed by atoms with van der Waals surface area (Å²) >= 11 is 2.19. The molecule has 0 amide bonds. The minimum absolute atomic E-state index is 0.0569. The smallest absolute Gasteiger partial charge is 0.357 e. The van der Waals surface area contributed by atoms with E-state index in [0.29, 0.717) is 10.8 Å². The fourth-order valence-electron chi connectivity index (χ4n) is 3.25. The average Bonchev–Trinajstić information content (AvgIpc) is 2.54. The van der Waals surface area contributed by atoms with Crippen LogP contribution in [0.5, 0.6) is 0 Å².